The van der Waals surface area contributed by atoms with E-state index >= 15 is 0 Å². The number of amides is 1. The number of carbonyl (C=O) groups is 1. The van der Waals surface area contributed by atoms with Crippen LogP contribution in [-0.2, 0) is 32.6 Å². The number of thiophene rings is 2. The Hall–Kier alpha value is -1.26. The fourth-order valence-corrected chi connectivity index (χ4v) is 6.47. The summed E-state index contributed by atoms with van der Waals surface area (Å²) < 4.78 is 33.9. The van der Waals surface area contributed by atoms with Crippen molar-refractivity contribution in [2.75, 3.05) is 13.2 Å². The maximum absolute atomic E-state index is 13.2. The van der Waals surface area contributed by atoms with Crippen LogP contribution in [0, 0.1) is 0 Å². The number of nitrogens with zero attached hydrogens (tertiary/aromatic N) is 1. The van der Waals surface area contributed by atoms with Crippen LogP contribution in [0.4, 0.5) is 0 Å². The first-order chi connectivity index (χ1) is 12.4. The highest BCUT2D eigenvalue weighted by molar-refractivity contribution is 7.91. The predicted octanol–water partition coefficient (Wildman–Crippen LogP) is 2.82. The zero-order valence-electron chi connectivity index (χ0n) is 14.5. The molecule has 1 aliphatic heterocycles. The molecule has 142 valence electrons. The smallest absolute Gasteiger partial charge is 0.252 e. The number of hydrogen-bond donors (Lipinski definition) is 1. The van der Waals surface area contributed by atoms with Gasteiger partial charge in [-0.3, -0.25) is 4.79 Å². The minimum atomic E-state index is -3.62. The normalized spacial score (nSPS) is 17.7. The van der Waals surface area contributed by atoms with Crippen LogP contribution in [0.3, 0.4) is 0 Å². The number of hydrogen-bond acceptors (Lipinski definition) is 6. The van der Waals surface area contributed by atoms with Crippen molar-refractivity contribution in [2.45, 2.75) is 43.2 Å². The molecule has 0 aromatic carbocycles. The molecule has 1 fully saturated rings. The lowest BCUT2D eigenvalue weighted by Crippen LogP contribution is -2.36. The van der Waals surface area contributed by atoms with Crippen LogP contribution in [0.1, 0.15) is 29.5 Å². The fraction of sp³-hybridized carbons (Fsp3) is 0.471. The summed E-state index contributed by atoms with van der Waals surface area (Å²) in [7, 11) is -3.62. The summed E-state index contributed by atoms with van der Waals surface area (Å²) >= 11 is 2.74. The van der Waals surface area contributed by atoms with Gasteiger partial charge in [-0.1, -0.05) is 6.07 Å². The van der Waals surface area contributed by atoms with Crippen molar-refractivity contribution < 1.29 is 17.9 Å². The van der Waals surface area contributed by atoms with E-state index in [1.807, 2.05) is 17.5 Å². The van der Waals surface area contributed by atoms with Crippen LogP contribution in [0.5, 0.6) is 0 Å². The van der Waals surface area contributed by atoms with Crippen LogP contribution in [-0.4, -0.2) is 37.9 Å². The summed E-state index contributed by atoms with van der Waals surface area (Å²) in [6, 6.07) is 7.24. The summed E-state index contributed by atoms with van der Waals surface area (Å²) in [6.07, 6.45) is 1.80. The molecule has 1 aliphatic rings. The van der Waals surface area contributed by atoms with Gasteiger partial charge in [-0.2, -0.15) is 4.31 Å². The van der Waals surface area contributed by atoms with Crippen molar-refractivity contribution >= 4 is 38.6 Å². The number of nitrogens with one attached hydrogen (secondary N) is 1. The van der Waals surface area contributed by atoms with E-state index < -0.39 is 10.0 Å². The molecule has 1 amide bonds. The Morgan fingerprint density at radius 3 is 2.85 bits per heavy atom. The fourth-order valence-electron chi connectivity index (χ4n) is 2.77. The Balaban J connectivity index is 1.79. The molecule has 0 radical (unpaired) electrons. The summed E-state index contributed by atoms with van der Waals surface area (Å²) in [5, 5.41) is 4.64. The van der Waals surface area contributed by atoms with Crippen molar-refractivity contribution in [1.82, 2.24) is 9.62 Å². The molecule has 9 heteroatoms. The van der Waals surface area contributed by atoms with E-state index in [2.05, 4.69) is 5.32 Å². The van der Waals surface area contributed by atoms with Crippen molar-refractivity contribution in [2.24, 2.45) is 0 Å². The van der Waals surface area contributed by atoms with E-state index in [-0.39, 0.29) is 12.0 Å². The van der Waals surface area contributed by atoms with Crippen molar-refractivity contribution in [3.63, 3.8) is 0 Å². The van der Waals surface area contributed by atoms with E-state index in [4.69, 9.17) is 4.74 Å². The third-order valence-electron chi connectivity index (χ3n) is 4.09. The van der Waals surface area contributed by atoms with Gasteiger partial charge in [-0.05, 0) is 36.4 Å². The monoisotopic (exact) mass is 414 g/mol. The number of carbonyl (C=O) groups excluding carboxylic acids is 1. The SMILES string of the molecule is CC(=O)NCc1ccc(S(=O)(=O)N(Cc2cccs2)CC2CCCO2)s1. The molecule has 1 saturated heterocycles. The second-order valence-corrected chi connectivity index (χ2v) is 10.5. The highest BCUT2D eigenvalue weighted by atomic mass is 32.2. The van der Waals surface area contributed by atoms with Gasteiger partial charge in [-0.25, -0.2) is 8.42 Å². The summed E-state index contributed by atoms with van der Waals surface area (Å²) in [5.41, 5.74) is 0. The zero-order valence-corrected chi connectivity index (χ0v) is 17.0. The van der Waals surface area contributed by atoms with E-state index in [9.17, 15) is 13.2 Å². The Kier molecular flexibility index (Phi) is 6.46. The third kappa shape index (κ3) is 4.92. The number of sulfonamides is 1. The largest absolute Gasteiger partial charge is 0.377 e. The van der Waals surface area contributed by atoms with Gasteiger partial charge < -0.3 is 10.1 Å². The van der Waals surface area contributed by atoms with E-state index in [1.165, 1.54) is 22.6 Å². The Bertz CT molecular complexity index is 824. The van der Waals surface area contributed by atoms with E-state index in [0.717, 1.165) is 22.6 Å². The van der Waals surface area contributed by atoms with Gasteiger partial charge in [0.1, 0.15) is 4.21 Å². The molecule has 1 atom stereocenters. The van der Waals surface area contributed by atoms with Gasteiger partial charge in [-0.15, -0.1) is 22.7 Å². The number of rotatable bonds is 8. The van der Waals surface area contributed by atoms with Crippen LogP contribution in [0.15, 0.2) is 33.9 Å². The van der Waals surface area contributed by atoms with Crippen LogP contribution >= 0.6 is 22.7 Å². The quantitative estimate of drug-likeness (QED) is 0.721. The lowest BCUT2D eigenvalue weighted by Gasteiger charge is -2.23. The highest BCUT2D eigenvalue weighted by Gasteiger charge is 2.30. The van der Waals surface area contributed by atoms with Crippen LogP contribution in [0.2, 0.25) is 0 Å². The first-order valence-corrected chi connectivity index (χ1v) is 11.6. The Morgan fingerprint density at radius 1 is 1.35 bits per heavy atom. The molecule has 0 spiro atoms. The van der Waals surface area contributed by atoms with Gasteiger partial charge in [0.05, 0.1) is 12.6 Å². The highest BCUT2D eigenvalue weighted by Crippen LogP contribution is 2.28. The Labute approximate surface area is 161 Å². The van der Waals surface area contributed by atoms with Gasteiger partial charge in [0.25, 0.3) is 10.0 Å². The summed E-state index contributed by atoms with van der Waals surface area (Å²) in [6.45, 7) is 3.18. The first kappa shape index (κ1) is 19.5. The lowest BCUT2D eigenvalue weighted by molar-refractivity contribution is -0.119. The molecule has 26 heavy (non-hydrogen) atoms. The molecular formula is C17H22N2O4S3. The standard InChI is InChI=1S/C17H22N2O4S3/c1-13(20)18-10-15-6-7-17(25-15)26(21,22)19(11-14-4-2-8-23-14)12-16-5-3-9-24-16/h3,5-7,9,14H,2,4,8,10-12H2,1H3,(H,18,20). The second kappa shape index (κ2) is 8.62. The summed E-state index contributed by atoms with van der Waals surface area (Å²) in [5.74, 6) is -0.138. The van der Waals surface area contributed by atoms with Gasteiger partial charge in [0.15, 0.2) is 0 Å². The minimum absolute atomic E-state index is 0.0523. The Morgan fingerprint density at radius 2 is 2.19 bits per heavy atom. The zero-order chi connectivity index (χ0) is 18.6. The van der Waals surface area contributed by atoms with Crippen LogP contribution in [0.25, 0.3) is 0 Å². The number of ether oxygens (including phenoxy) is 1. The molecular weight excluding hydrogens is 392 g/mol. The molecule has 0 aliphatic carbocycles. The molecule has 3 heterocycles. The van der Waals surface area contributed by atoms with Crippen molar-refractivity contribution in [3.05, 3.63) is 39.4 Å². The predicted molar refractivity (Wildman–Crippen MR) is 103 cm³/mol. The van der Waals surface area contributed by atoms with Gasteiger partial charge >= 0.3 is 0 Å². The summed E-state index contributed by atoms with van der Waals surface area (Å²) in [4.78, 5) is 12.9. The van der Waals surface area contributed by atoms with Gasteiger partial charge in [0.2, 0.25) is 5.91 Å². The molecule has 2 aromatic heterocycles. The minimum Gasteiger partial charge on any atom is -0.377 e. The van der Waals surface area contributed by atoms with Crippen molar-refractivity contribution in [3.8, 4) is 0 Å². The average Bonchev–Trinajstić information content (AvgIpc) is 3.35. The van der Waals surface area contributed by atoms with E-state index in [0.29, 0.717) is 30.5 Å². The maximum Gasteiger partial charge on any atom is 0.252 e. The topological polar surface area (TPSA) is 75.7 Å². The van der Waals surface area contributed by atoms with E-state index in [1.54, 1.807) is 23.5 Å². The molecule has 1 unspecified atom stereocenters. The second-order valence-electron chi connectivity index (χ2n) is 6.14. The van der Waals surface area contributed by atoms with Gasteiger partial charge in [0, 0.05) is 36.4 Å². The van der Waals surface area contributed by atoms with Crippen molar-refractivity contribution in [1.29, 1.82) is 0 Å². The average molecular weight is 415 g/mol. The first-order valence-electron chi connectivity index (χ1n) is 8.42. The third-order valence-corrected chi connectivity index (χ3v) is 8.31. The molecule has 6 nitrogen and oxygen atoms in total. The molecule has 0 bridgehead atoms. The molecule has 1 N–H and O–H groups in total. The lowest BCUT2D eigenvalue weighted by atomic mass is 10.2. The maximum atomic E-state index is 13.2. The molecule has 2 aromatic rings. The van der Waals surface area contributed by atoms with Crippen LogP contribution < -0.4 is 5.32 Å². The molecule has 3 rings (SSSR count). The molecule has 0 saturated carbocycles.